The van der Waals surface area contributed by atoms with Gasteiger partial charge in [-0.1, -0.05) is 305 Å². The van der Waals surface area contributed by atoms with Crippen molar-refractivity contribution in [2.75, 3.05) is 39.6 Å². The van der Waals surface area contributed by atoms with Gasteiger partial charge in [0, 0.05) is 25.7 Å². The Morgan fingerprint density at radius 2 is 0.517 bits per heavy atom. The van der Waals surface area contributed by atoms with Crippen LogP contribution in [0.1, 0.15) is 356 Å². The molecule has 2 unspecified atom stereocenters. The van der Waals surface area contributed by atoms with Crippen LogP contribution in [-0.2, 0) is 65.4 Å². The van der Waals surface area contributed by atoms with Crippen molar-refractivity contribution in [2.45, 2.75) is 374 Å². The van der Waals surface area contributed by atoms with E-state index in [-0.39, 0.29) is 25.7 Å². The fourth-order valence-electron chi connectivity index (χ4n) is 10.6. The average molecular weight is 1310 g/mol. The molecule has 528 valence electrons. The smallest absolute Gasteiger partial charge is 0.462 e. The van der Waals surface area contributed by atoms with Gasteiger partial charge in [-0.15, -0.1) is 0 Å². The second kappa shape index (κ2) is 62.2. The van der Waals surface area contributed by atoms with E-state index in [1.807, 2.05) is 0 Å². The van der Waals surface area contributed by atoms with Crippen LogP contribution in [0, 0.1) is 11.8 Å². The van der Waals surface area contributed by atoms with Crippen molar-refractivity contribution in [3.63, 3.8) is 0 Å². The lowest BCUT2D eigenvalue weighted by molar-refractivity contribution is -0.161. The predicted molar refractivity (Wildman–Crippen MR) is 358 cm³/mol. The molecule has 0 aromatic carbocycles. The molecule has 0 amide bonds. The molecule has 0 saturated carbocycles. The molecular formula is C70H136O17P2. The first-order valence-corrected chi connectivity index (χ1v) is 39.5. The van der Waals surface area contributed by atoms with Crippen LogP contribution in [0.15, 0.2) is 0 Å². The van der Waals surface area contributed by atoms with E-state index in [1.54, 1.807) is 0 Å². The van der Waals surface area contributed by atoms with E-state index in [4.69, 9.17) is 37.0 Å². The minimum atomic E-state index is -4.95. The lowest BCUT2D eigenvalue weighted by Crippen LogP contribution is -2.30. The number of rotatable bonds is 69. The van der Waals surface area contributed by atoms with Gasteiger partial charge in [0.2, 0.25) is 0 Å². The number of phosphoric acid groups is 2. The Morgan fingerprint density at radius 3 is 0.764 bits per heavy atom. The highest BCUT2D eigenvalue weighted by atomic mass is 31.2. The maximum Gasteiger partial charge on any atom is 0.472 e. The maximum atomic E-state index is 13.0. The molecule has 3 N–H and O–H groups in total. The molecule has 5 atom stereocenters. The van der Waals surface area contributed by atoms with E-state index >= 15 is 0 Å². The van der Waals surface area contributed by atoms with Crippen molar-refractivity contribution in [1.29, 1.82) is 0 Å². The average Bonchev–Trinajstić information content (AvgIpc) is 3.57. The quantitative estimate of drug-likeness (QED) is 0.0222. The van der Waals surface area contributed by atoms with Gasteiger partial charge in [0.25, 0.3) is 0 Å². The summed E-state index contributed by atoms with van der Waals surface area (Å²) in [5.41, 5.74) is 0. The molecule has 0 aliphatic carbocycles. The van der Waals surface area contributed by atoms with E-state index in [0.717, 1.165) is 108 Å². The maximum absolute atomic E-state index is 13.0. The molecular weight excluding hydrogens is 1170 g/mol. The molecule has 0 heterocycles. The number of aliphatic hydroxyl groups is 1. The monoisotopic (exact) mass is 1310 g/mol. The van der Waals surface area contributed by atoms with E-state index in [2.05, 4.69) is 41.5 Å². The van der Waals surface area contributed by atoms with Crippen LogP contribution in [0.25, 0.3) is 0 Å². The zero-order chi connectivity index (χ0) is 65.7. The second-order valence-electron chi connectivity index (χ2n) is 26.2. The third-order valence-electron chi connectivity index (χ3n) is 16.2. The largest absolute Gasteiger partial charge is 0.472 e. The van der Waals surface area contributed by atoms with Gasteiger partial charge >= 0.3 is 39.5 Å². The minimum Gasteiger partial charge on any atom is -0.462 e. The Bertz CT molecular complexity index is 1730. The molecule has 0 radical (unpaired) electrons. The zero-order valence-electron chi connectivity index (χ0n) is 57.7. The normalized spacial score (nSPS) is 14.1. The Morgan fingerprint density at radius 1 is 0.303 bits per heavy atom. The molecule has 89 heavy (non-hydrogen) atoms. The molecule has 0 spiro atoms. The van der Waals surface area contributed by atoms with Crippen molar-refractivity contribution >= 4 is 39.5 Å². The Labute approximate surface area is 543 Å². The van der Waals surface area contributed by atoms with Gasteiger partial charge < -0.3 is 33.8 Å². The number of carbonyl (C=O) groups is 4. The Hall–Kier alpha value is -1.94. The Balaban J connectivity index is 5.15. The van der Waals surface area contributed by atoms with Crippen LogP contribution in [0.4, 0.5) is 0 Å². The number of hydrogen-bond donors (Lipinski definition) is 3. The molecule has 0 aromatic rings. The van der Waals surface area contributed by atoms with Crippen molar-refractivity contribution in [3.05, 3.63) is 0 Å². The molecule has 0 rings (SSSR count). The van der Waals surface area contributed by atoms with Gasteiger partial charge in [0.1, 0.15) is 19.3 Å². The van der Waals surface area contributed by atoms with Crippen LogP contribution in [0.3, 0.4) is 0 Å². The van der Waals surface area contributed by atoms with Crippen molar-refractivity contribution in [1.82, 2.24) is 0 Å². The van der Waals surface area contributed by atoms with Gasteiger partial charge in [0.05, 0.1) is 26.4 Å². The molecule has 19 heteroatoms. The van der Waals surface area contributed by atoms with Gasteiger partial charge in [-0.2, -0.15) is 0 Å². The highest BCUT2D eigenvalue weighted by Gasteiger charge is 2.30. The van der Waals surface area contributed by atoms with Crippen molar-refractivity contribution < 1.29 is 80.2 Å². The number of unbranched alkanes of at least 4 members (excludes halogenated alkanes) is 39. The molecule has 0 bridgehead atoms. The number of phosphoric ester groups is 2. The van der Waals surface area contributed by atoms with Crippen molar-refractivity contribution in [2.24, 2.45) is 11.8 Å². The number of ether oxygens (including phenoxy) is 4. The van der Waals surface area contributed by atoms with Crippen LogP contribution >= 0.6 is 15.6 Å². The third kappa shape index (κ3) is 64.6. The lowest BCUT2D eigenvalue weighted by atomic mass is 10.0. The standard InChI is InChI=1S/C70H136O17P2/c1-7-9-11-13-14-15-16-17-22-25-30-35-41-47-53-68(73)81-59-66(87-69(74)54-48-42-36-31-26-23-20-18-19-21-24-28-33-39-44-50-62(3)4)61-85-89(78,79)83-57-64(71)56-82-88(76,77)84-60-65(58-80-67(72)52-46-38-12-10-8-2)86-70(75)55-49-43-37-32-27-29-34-40-45-51-63(5)6/h62-66,71H,7-61H2,1-6H3,(H,76,77)(H,78,79)/t64-,65+,66+/m0/s1. The summed E-state index contributed by atoms with van der Waals surface area (Å²) < 4.78 is 68.1. The minimum absolute atomic E-state index is 0.104. The summed E-state index contributed by atoms with van der Waals surface area (Å²) in [7, 11) is -9.89. The fourth-order valence-corrected chi connectivity index (χ4v) is 12.2. The lowest BCUT2D eigenvalue weighted by Gasteiger charge is -2.21. The third-order valence-corrected chi connectivity index (χ3v) is 18.1. The molecule has 0 aromatic heterocycles. The topological polar surface area (TPSA) is 237 Å². The highest BCUT2D eigenvalue weighted by Crippen LogP contribution is 2.45. The summed E-state index contributed by atoms with van der Waals surface area (Å²) in [5, 5.41) is 10.6. The van der Waals surface area contributed by atoms with Crippen LogP contribution in [0.2, 0.25) is 0 Å². The van der Waals surface area contributed by atoms with Crippen molar-refractivity contribution in [3.8, 4) is 0 Å². The second-order valence-corrected chi connectivity index (χ2v) is 29.1. The summed E-state index contributed by atoms with van der Waals surface area (Å²) in [5.74, 6) is -0.595. The molecule has 17 nitrogen and oxygen atoms in total. The fraction of sp³-hybridized carbons (Fsp3) is 0.943. The number of aliphatic hydroxyl groups excluding tert-OH is 1. The first-order valence-electron chi connectivity index (χ1n) is 36.5. The van der Waals surface area contributed by atoms with Crippen LogP contribution in [0.5, 0.6) is 0 Å². The summed E-state index contributed by atoms with van der Waals surface area (Å²) in [4.78, 5) is 72.3. The highest BCUT2D eigenvalue weighted by molar-refractivity contribution is 7.47. The molecule has 0 aliphatic heterocycles. The molecule has 0 aliphatic rings. The SMILES string of the molecule is CCCCCCCCCCCCCCCCC(=O)OC[C@H](COP(=O)(O)OC[C@@H](O)COP(=O)(O)OC[C@@H](COC(=O)CCCCCCC)OC(=O)CCCCCCCCCCCC(C)C)OC(=O)CCCCCCCCCCCCCCCCCC(C)C. The summed E-state index contributed by atoms with van der Waals surface area (Å²) in [6, 6.07) is 0. The summed E-state index contributed by atoms with van der Waals surface area (Å²) in [6.07, 6.45) is 47.6. The Kier molecular flexibility index (Phi) is 60.8. The first-order chi connectivity index (χ1) is 42.9. The summed E-state index contributed by atoms with van der Waals surface area (Å²) in [6.45, 7) is 9.47. The van der Waals surface area contributed by atoms with Gasteiger partial charge in [0.15, 0.2) is 12.2 Å². The molecule has 0 fully saturated rings. The predicted octanol–water partition coefficient (Wildman–Crippen LogP) is 20.0. The number of hydrogen-bond acceptors (Lipinski definition) is 15. The van der Waals surface area contributed by atoms with Crippen LogP contribution in [-0.4, -0.2) is 96.7 Å². The van der Waals surface area contributed by atoms with E-state index in [0.29, 0.717) is 25.7 Å². The summed E-state index contributed by atoms with van der Waals surface area (Å²) >= 11 is 0. The first kappa shape index (κ1) is 87.1. The van der Waals surface area contributed by atoms with E-state index < -0.39 is 97.5 Å². The van der Waals surface area contributed by atoms with Crippen LogP contribution < -0.4 is 0 Å². The number of esters is 4. The zero-order valence-corrected chi connectivity index (χ0v) is 59.5. The molecule has 0 saturated heterocycles. The van der Waals surface area contributed by atoms with E-state index in [1.165, 1.54) is 167 Å². The number of carbonyl (C=O) groups excluding carboxylic acids is 4. The van der Waals surface area contributed by atoms with E-state index in [9.17, 15) is 43.2 Å². The van der Waals surface area contributed by atoms with Gasteiger partial charge in [-0.3, -0.25) is 37.3 Å². The van der Waals surface area contributed by atoms with Gasteiger partial charge in [-0.25, -0.2) is 9.13 Å². The van der Waals surface area contributed by atoms with Gasteiger partial charge in [-0.05, 0) is 37.5 Å².